The average molecular weight is 293 g/mol. The van der Waals surface area contributed by atoms with Gasteiger partial charge < -0.3 is 10.6 Å². The van der Waals surface area contributed by atoms with Gasteiger partial charge in [0.1, 0.15) is 0 Å². The van der Waals surface area contributed by atoms with E-state index in [0.717, 1.165) is 49.7 Å². The number of hydrogen-bond donors (Lipinski definition) is 2. The largest absolute Gasteiger partial charge is 0.322 e. The second kappa shape index (κ2) is 7.04. The van der Waals surface area contributed by atoms with Gasteiger partial charge in [-0.1, -0.05) is 0 Å². The number of rotatable bonds is 4. The minimum Gasteiger partial charge on any atom is -0.322 e. The fourth-order valence-corrected chi connectivity index (χ4v) is 2.79. The zero-order valence-corrected chi connectivity index (χ0v) is 13.6. The van der Waals surface area contributed by atoms with E-state index in [1.165, 1.54) is 0 Å². The van der Waals surface area contributed by atoms with E-state index >= 15 is 0 Å². The van der Waals surface area contributed by atoms with Gasteiger partial charge in [-0.2, -0.15) is 5.10 Å². The maximum absolute atomic E-state index is 12.3. The quantitative estimate of drug-likeness (QED) is 0.879. The number of aryl methyl sites for hydroxylation is 1. The number of hydrogen-bond acceptors (Lipinski definition) is 4. The molecule has 1 fully saturated rings. The molecule has 1 aromatic heterocycles. The van der Waals surface area contributed by atoms with E-state index in [9.17, 15) is 4.79 Å². The minimum absolute atomic E-state index is 0.0476. The molecule has 6 heteroatoms. The summed E-state index contributed by atoms with van der Waals surface area (Å²) in [6.07, 6.45) is 1.09. The number of nitrogens with zero attached hydrogens (tertiary/aromatic N) is 3. The zero-order valence-electron chi connectivity index (χ0n) is 13.6. The Morgan fingerprint density at radius 2 is 2.10 bits per heavy atom. The van der Waals surface area contributed by atoms with Gasteiger partial charge in [0.2, 0.25) is 5.91 Å². The van der Waals surface area contributed by atoms with E-state index in [1.807, 2.05) is 18.5 Å². The van der Waals surface area contributed by atoms with Crippen LogP contribution in [0.2, 0.25) is 0 Å². The molecule has 1 aliphatic rings. The van der Waals surface area contributed by atoms with Crippen LogP contribution < -0.4 is 10.6 Å². The second-order valence-electron chi connectivity index (χ2n) is 6.01. The lowest BCUT2D eigenvalue weighted by molar-refractivity contribution is -0.117. The van der Waals surface area contributed by atoms with Crippen molar-refractivity contribution in [3.8, 4) is 0 Å². The first-order valence-corrected chi connectivity index (χ1v) is 7.77. The van der Waals surface area contributed by atoms with Gasteiger partial charge in [0.15, 0.2) is 0 Å². The highest BCUT2D eigenvalue weighted by Gasteiger charge is 2.17. The van der Waals surface area contributed by atoms with Gasteiger partial charge in [-0.3, -0.25) is 14.4 Å². The number of carbonyl (C=O) groups excluding carboxylic acids is 1. The third-order valence-corrected chi connectivity index (χ3v) is 3.88. The van der Waals surface area contributed by atoms with E-state index in [-0.39, 0.29) is 5.91 Å². The predicted molar refractivity (Wildman–Crippen MR) is 84.6 cm³/mol. The summed E-state index contributed by atoms with van der Waals surface area (Å²) in [5.74, 6) is 0.0476. The van der Waals surface area contributed by atoms with E-state index < -0.39 is 0 Å². The van der Waals surface area contributed by atoms with Crippen LogP contribution in [-0.2, 0) is 4.79 Å². The van der Waals surface area contributed by atoms with E-state index in [2.05, 4.69) is 34.5 Å². The molecule has 0 radical (unpaired) electrons. The molecule has 2 N–H and O–H groups in total. The normalized spacial score (nSPS) is 17.0. The summed E-state index contributed by atoms with van der Waals surface area (Å²) in [4.78, 5) is 14.5. The Labute approximate surface area is 126 Å². The number of nitrogens with one attached hydrogen (secondary N) is 2. The summed E-state index contributed by atoms with van der Waals surface area (Å²) in [5.41, 5.74) is 2.77. The summed E-state index contributed by atoms with van der Waals surface area (Å²) < 4.78 is 1.96. The van der Waals surface area contributed by atoms with Crippen LogP contribution >= 0.6 is 0 Å². The van der Waals surface area contributed by atoms with Crippen molar-refractivity contribution in [1.82, 2.24) is 20.0 Å². The van der Waals surface area contributed by atoms with Crippen molar-refractivity contribution in [2.75, 3.05) is 38.0 Å². The molecule has 0 spiro atoms. The predicted octanol–water partition coefficient (Wildman–Crippen LogP) is 1.31. The Balaban J connectivity index is 1.99. The molecular formula is C15H27N5O. The Morgan fingerprint density at radius 1 is 1.33 bits per heavy atom. The molecule has 0 unspecified atom stereocenters. The molecule has 2 heterocycles. The van der Waals surface area contributed by atoms with Crippen molar-refractivity contribution < 1.29 is 4.79 Å². The lowest BCUT2D eigenvalue weighted by atomic mass is 10.3. The maximum atomic E-state index is 12.3. The average Bonchev–Trinajstić information content (AvgIpc) is 2.61. The molecule has 0 atom stereocenters. The van der Waals surface area contributed by atoms with Gasteiger partial charge in [0, 0.05) is 19.1 Å². The fourth-order valence-electron chi connectivity index (χ4n) is 2.79. The fraction of sp³-hybridized carbons (Fsp3) is 0.733. The number of aromatic nitrogens is 2. The number of anilines is 1. The SMILES string of the molecule is Cc1nn(C(C)C)c(C)c1NC(=O)CN1CCCNCC1. The molecule has 0 aliphatic carbocycles. The zero-order chi connectivity index (χ0) is 15.4. The summed E-state index contributed by atoms with van der Waals surface area (Å²) in [6, 6.07) is 0.297. The van der Waals surface area contributed by atoms with Gasteiger partial charge in [0.25, 0.3) is 0 Å². The van der Waals surface area contributed by atoms with Gasteiger partial charge in [-0.15, -0.1) is 0 Å². The highest BCUT2D eigenvalue weighted by Crippen LogP contribution is 2.22. The van der Waals surface area contributed by atoms with Crippen LogP contribution in [0.3, 0.4) is 0 Å². The first-order chi connectivity index (χ1) is 9.99. The van der Waals surface area contributed by atoms with Crippen LogP contribution in [0.25, 0.3) is 0 Å². The third-order valence-electron chi connectivity index (χ3n) is 3.88. The van der Waals surface area contributed by atoms with Crippen molar-refractivity contribution in [3.05, 3.63) is 11.4 Å². The highest BCUT2D eigenvalue weighted by atomic mass is 16.2. The van der Waals surface area contributed by atoms with Gasteiger partial charge in [0.05, 0.1) is 23.6 Å². The van der Waals surface area contributed by atoms with Crippen molar-refractivity contribution >= 4 is 11.6 Å². The molecular weight excluding hydrogens is 266 g/mol. The molecule has 1 saturated heterocycles. The molecule has 118 valence electrons. The third kappa shape index (κ3) is 4.04. The molecule has 21 heavy (non-hydrogen) atoms. The molecule has 6 nitrogen and oxygen atoms in total. The minimum atomic E-state index is 0.0476. The highest BCUT2D eigenvalue weighted by molar-refractivity contribution is 5.93. The smallest absolute Gasteiger partial charge is 0.238 e. The van der Waals surface area contributed by atoms with E-state index in [1.54, 1.807) is 0 Å². The van der Waals surface area contributed by atoms with Gasteiger partial charge in [-0.25, -0.2) is 0 Å². The van der Waals surface area contributed by atoms with Crippen molar-refractivity contribution in [2.45, 2.75) is 40.2 Å². The van der Waals surface area contributed by atoms with Gasteiger partial charge >= 0.3 is 0 Å². The lowest BCUT2D eigenvalue weighted by Gasteiger charge is -2.18. The maximum Gasteiger partial charge on any atom is 0.238 e. The van der Waals surface area contributed by atoms with E-state index in [0.29, 0.717) is 12.6 Å². The Bertz CT molecular complexity index is 486. The lowest BCUT2D eigenvalue weighted by Crippen LogP contribution is -2.35. The standard InChI is InChI=1S/C15H27N5O/c1-11(2)20-13(4)15(12(3)18-20)17-14(21)10-19-8-5-6-16-7-9-19/h11,16H,5-10H2,1-4H3,(H,17,21). The number of amides is 1. The first-order valence-electron chi connectivity index (χ1n) is 7.77. The molecule has 0 aromatic carbocycles. The molecule has 2 rings (SSSR count). The second-order valence-corrected chi connectivity index (χ2v) is 6.01. The van der Waals surface area contributed by atoms with Crippen molar-refractivity contribution in [2.24, 2.45) is 0 Å². The van der Waals surface area contributed by atoms with Crippen LogP contribution in [0.15, 0.2) is 0 Å². The van der Waals surface area contributed by atoms with Crippen molar-refractivity contribution in [3.63, 3.8) is 0 Å². The molecule has 1 amide bonds. The van der Waals surface area contributed by atoms with Crippen LogP contribution in [0.1, 0.15) is 37.7 Å². The number of carbonyl (C=O) groups is 1. The molecule has 1 aromatic rings. The van der Waals surface area contributed by atoms with Crippen LogP contribution in [0.4, 0.5) is 5.69 Å². The van der Waals surface area contributed by atoms with Crippen LogP contribution in [0, 0.1) is 13.8 Å². The summed E-state index contributed by atoms with van der Waals surface area (Å²) in [6.45, 7) is 12.5. The summed E-state index contributed by atoms with van der Waals surface area (Å²) >= 11 is 0. The molecule has 1 aliphatic heterocycles. The van der Waals surface area contributed by atoms with Crippen molar-refractivity contribution in [1.29, 1.82) is 0 Å². The van der Waals surface area contributed by atoms with E-state index in [4.69, 9.17) is 0 Å². The van der Waals surface area contributed by atoms with Gasteiger partial charge in [-0.05, 0) is 47.2 Å². The Hall–Kier alpha value is -1.40. The first kappa shape index (κ1) is 16.0. The Kier molecular flexibility index (Phi) is 5.36. The topological polar surface area (TPSA) is 62.2 Å². The summed E-state index contributed by atoms with van der Waals surface area (Å²) in [5, 5.41) is 10.9. The Morgan fingerprint density at radius 3 is 2.76 bits per heavy atom. The summed E-state index contributed by atoms with van der Waals surface area (Å²) in [7, 11) is 0. The van der Waals surface area contributed by atoms with Crippen LogP contribution in [0.5, 0.6) is 0 Å². The molecule has 0 saturated carbocycles. The van der Waals surface area contributed by atoms with Crippen LogP contribution in [-0.4, -0.2) is 53.3 Å². The monoisotopic (exact) mass is 293 g/mol. The molecule has 0 bridgehead atoms.